The van der Waals surface area contributed by atoms with Gasteiger partial charge in [-0.1, -0.05) is 6.07 Å². The number of ether oxygens (including phenoxy) is 1. The first-order valence-electron chi connectivity index (χ1n) is 7.48. The normalized spacial score (nSPS) is 18.0. The summed E-state index contributed by atoms with van der Waals surface area (Å²) in [4.78, 5) is 4.31. The van der Waals surface area contributed by atoms with Crippen molar-refractivity contribution < 1.29 is 13.5 Å². The lowest BCUT2D eigenvalue weighted by Crippen LogP contribution is -2.27. The van der Waals surface area contributed by atoms with Gasteiger partial charge in [-0.25, -0.2) is 13.8 Å². The minimum absolute atomic E-state index is 0.287. The first-order valence-corrected chi connectivity index (χ1v) is 7.48. The van der Waals surface area contributed by atoms with Crippen molar-refractivity contribution in [1.82, 2.24) is 14.9 Å². The number of rotatable bonds is 6. The molecule has 1 saturated heterocycles. The van der Waals surface area contributed by atoms with Crippen molar-refractivity contribution in [3.8, 4) is 0 Å². The van der Waals surface area contributed by atoms with E-state index in [4.69, 9.17) is 4.74 Å². The summed E-state index contributed by atoms with van der Waals surface area (Å²) < 4.78 is 33.7. The second-order valence-electron chi connectivity index (χ2n) is 5.49. The predicted octanol–water partition coefficient (Wildman–Crippen LogP) is 2.48. The lowest BCUT2D eigenvalue weighted by molar-refractivity contribution is 0.109. The van der Waals surface area contributed by atoms with E-state index in [0.29, 0.717) is 18.7 Å². The molecular formula is C16H19F2N3O. The molecule has 0 saturated carbocycles. The van der Waals surface area contributed by atoms with Crippen molar-refractivity contribution in [1.29, 1.82) is 0 Å². The Morgan fingerprint density at radius 2 is 2.23 bits per heavy atom. The molecule has 0 amide bonds. The molecule has 0 radical (unpaired) electrons. The van der Waals surface area contributed by atoms with Gasteiger partial charge in [-0.3, -0.25) is 0 Å². The molecule has 4 nitrogen and oxygen atoms in total. The molecule has 1 fully saturated rings. The zero-order chi connectivity index (χ0) is 15.4. The summed E-state index contributed by atoms with van der Waals surface area (Å²) in [6.45, 7) is 2.74. The Morgan fingerprint density at radius 1 is 1.32 bits per heavy atom. The summed E-state index contributed by atoms with van der Waals surface area (Å²) in [5, 5.41) is 3.33. The van der Waals surface area contributed by atoms with Gasteiger partial charge >= 0.3 is 0 Å². The zero-order valence-electron chi connectivity index (χ0n) is 12.3. The fourth-order valence-corrected chi connectivity index (χ4v) is 2.64. The van der Waals surface area contributed by atoms with Crippen molar-refractivity contribution >= 4 is 0 Å². The van der Waals surface area contributed by atoms with Gasteiger partial charge in [0.05, 0.1) is 12.6 Å². The third kappa shape index (κ3) is 3.69. The highest BCUT2D eigenvalue weighted by molar-refractivity contribution is 5.18. The molecule has 1 N–H and O–H groups in total. The molecule has 0 aliphatic carbocycles. The fourth-order valence-electron chi connectivity index (χ4n) is 2.64. The Kier molecular flexibility index (Phi) is 4.80. The lowest BCUT2D eigenvalue weighted by Gasteiger charge is -2.12. The quantitative estimate of drug-likeness (QED) is 0.891. The predicted molar refractivity (Wildman–Crippen MR) is 78.4 cm³/mol. The van der Waals surface area contributed by atoms with Crippen LogP contribution in [-0.4, -0.2) is 28.8 Å². The summed E-state index contributed by atoms with van der Waals surface area (Å²) in [7, 11) is 0. The molecule has 1 aliphatic rings. The molecule has 2 aromatic rings. The van der Waals surface area contributed by atoms with Crippen LogP contribution in [0.3, 0.4) is 0 Å². The lowest BCUT2D eigenvalue weighted by atomic mass is 10.2. The Hall–Kier alpha value is -1.79. The summed E-state index contributed by atoms with van der Waals surface area (Å²) in [5.74, 6) is -0.786. The Morgan fingerprint density at radius 3 is 3.00 bits per heavy atom. The van der Waals surface area contributed by atoms with Crippen LogP contribution in [-0.2, 0) is 17.8 Å². The van der Waals surface area contributed by atoms with Crippen molar-refractivity contribution in [2.75, 3.05) is 13.2 Å². The molecule has 1 aliphatic heterocycles. The molecule has 1 atom stereocenters. The maximum absolute atomic E-state index is 13.3. The third-order valence-corrected chi connectivity index (χ3v) is 3.82. The highest BCUT2D eigenvalue weighted by atomic mass is 19.2. The minimum Gasteiger partial charge on any atom is -0.377 e. The van der Waals surface area contributed by atoms with Gasteiger partial charge in [0.25, 0.3) is 0 Å². The Balaban J connectivity index is 1.57. The van der Waals surface area contributed by atoms with Crippen molar-refractivity contribution in [2.45, 2.75) is 32.0 Å². The Labute approximate surface area is 128 Å². The third-order valence-electron chi connectivity index (χ3n) is 3.82. The van der Waals surface area contributed by atoms with E-state index in [9.17, 15) is 8.78 Å². The van der Waals surface area contributed by atoms with E-state index < -0.39 is 11.6 Å². The van der Waals surface area contributed by atoms with Crippen molar-refractivity contribution in [3.05, 3.63) is 53.6 Å². The van der Waals surface area contributed by atoms with Crippen LogP contribution in [0, 0.1) is 11.6 Å². The molecule has 1 aromatic heterocycles. The number of nitrogens with zero attached hydrogens (tertiary/aromatic N) is 2. The maximum atomic E-state index is 13.3. The van der Waals surface area contributed by atoms with E-state index in [1.54, 1.807) is 12.3 Å². The van der Waals surface area contributed by atoms with Crippen molar-refractivity contribution in [3.63, 3.8) is 0 Å². The smallest absolute Gasteiger partial charge is 0.159 e. The monoisotopic (exact) mass is 307 g/mol. The number of nitrogens with one attached hydrogen (secondary N) is 1. The molecule has 2 heterocycles. The van der Waals surface area contributed by atoms with Gasteiger partial charge in [-0.05, 0) is 30.5 Å². The summed E-state index contributed by atoms with van der Waals surface area (Å²) in [6, 6.07) is 3.96. The van der Waals surface area contributed by atoms with E-state index >= 15 is 0 Å². The average molecular weight is 307 g/mol. The van der Waals surface area contributed by atoms with Crippen LogP contribution in [0.4, 0.5) is 8.78 Å². The van der Waals surface area contributed by atoms with Gasteiger partial charge in [0.15, 0.2) is 11.6 Å². The first kappa shape index (κ1) is 15.1. The molecule has 0 spiro atoms. The second kappa shape index (κ2) is 6.98. The fraction of sp³-hybridized carbons (Fsp3) is 0.438. The molecule has 118 valence electrons. The molecular weight excluding hydrogens is 288 g/mol. The zero-order valence-corrected chi connectivity index (χ0v) is 12.3. The number of benzene rings is 1. The van der Waals surface area contributed by atoms with Crippen LogP contribution in [0.2, 0.25) is 0 Å². The summed E-state index contributed by atoms with van der Waals surface area (Å²) >= 11 is 0. The minimum atomic E-state index is -0.826. The number of hydrogen-bond acceptors (Lipinski definition) is 3. The van der Waals surface area contributed by atoms with E-state index in [1.807, 2.05) is 10.8 Å². The van der Waals surface area contributed by atoms with Gasteiger partial charge in [0, 0.05) is 32.1 Å². The van der Waals surface area contributed by atoms with Gasteiger partial charge in [-0.2, -0.15) is 0 Å². The van der Waals surface area contributed by atoms with Crippen LogP contribution < -0.4 is 5.32 Å². The SMILES string of the molecule is Fc1ccc(Cn2ccnc2CNCC2CCCO2)cc1F. The van der Waals surface area contributed by atoms with Crippen LogP contribution in [0.25, 0.3) is 0 Å². The number of imidazole rings is 1. The van der Waals surface area contributed by atoms with E-state index in [-0.39, 0.29) is 6.10 Å². The summed E-state index contributed by atoms with van der Waals surface area (Å²) in [6.07, 6.45) is 6.05. The molecule has 1 aromatic carbocycles. The van der Waals surface area contributed by atoms with E-state index in [2.05, 4.69) is 10.3 Å². The van der Waals surface area contributed by atoms with Crippen LogP contribution in [0.1, 0.15) is 24.2 Å². The van der Waals surface area contributed by atoms with Gasteiger partial charge in [-0.15, -0.1) is 0 Å². The van der Waals surface area contributed by atoms with Crippen molar-refractivity contribution in [2.24, 2.45) is 0 Å². The largest absolute Gasteiger partial charge is 0.377 e. The average Bonchev–Trinajstić information content (AvgIpc) is 3.16. The summed E-state index contributed by atoms with van der Waals surface area (Å²) in [5.41, 5.74) is 0.706. The Bertz CT molecular complexity index is 624. The van der Waals surface area contributed by atoms with Gasteiger partial charge in [0.1, 0.15) is 5.82 Å². The standard InChI is InChI=1S/C16H19F2N3O/c17-14-4-3-12(8-15(14)18)11-21-6-5-20-16(21)10-19-9-13-2-1-7-22-13/h3-6,8,13,19H,1-2,7,9-11H2. The molecule has 22 heavy (non-hydrogen) atoms. The number of halogens is 2. The topological polar surface area (TPSA) is 39.1 Å². The highest BCUT2D eigenvalue weighted by Crippen LogP contribution is 2.12. The molecule has 0 bridgehead atoms. The van der Waals surface area contributed by atoms with E-state index in [1.165, 1.54) is 6.07 Å². The number of hydrogen-bond donors (Lipinski definition) is 1. The first-order chi connectivity index (χ1) is 10.7. The molecule has 1 unspecified atom stereocenters. The maximum Gasteiger partial charge on any atom is 0.159 e. The van der Waals surface area contributed by atoms with Gasteiger partial charge in [0.2, 0.25) is 0 Å². The second-order valence-corrected chi connectivity index (χ2v) is 5.49. The van der Waals surface area contributed by atoms with Gasteiger partial charge < -0.3 is 14.6 Å². The molecule has 3 rings (SSSR count). The molecule has 6 heteroatoms. The highest BCUT2D eigenvalue weighted by Gasteiger charge is 2.15. The van der Waals surface area contributed by atoms with Crippen LogP contribution in [0.15, 0.2) is 30.6 Å². The van der Waals surface area contributed by atoms with Crippen LogP contribution >= 0.6 is 0 Å². The van der Waals surface area contributed by atoms with E-state index in [0.717, 1.165) is 37.9 Å². The van der Waals surface area contributed by atoms with Crippen LogP contribution in [0.5, 0.6) is 0 Å². The number of aromatic nitrogens is 2.